The highest BCUT2D eigenvalue weighted by Gasteiger charge is 2.25. The number of H-pyrrole nitrogens is 1. The molecule has 0 saturated heterocycles. The third kappa shape index (κ3) is 2.45. The predicted molar refractivity (Wildman–Crippen MR) is 90.1 cm³/mol. The molecule has 116 valence electrons. The second-order valence-corrected chi connectivity index (χ2v) is 5.94. The summed E-state index contributed by atoms with van der Waals surface area (Å²) in [5.74, 6) is 0.625. The van der Waals surface area contributed by atoms with Gasteiger partial charge in [-0.3, -0.25) is 4.79 Å². The molecular weight excluding hydrogens is 312 g/mol. The molecule has 1 aliphatic rings. The maximum atomic E-state index is 12.6. The van der Waals surface area contributed by atoms with E-state index in [9.17, 15) is 4.79 Å². The van der Waals surface area contributed by atoms with Gasteiger partial charge in [0, 0.05) is 22.9 Å². The zero-order valence-electron chi connectivity index (χ0n) is 12.3. The average molecular weight is 327 g/mol. The average Bonchev–Trinajstić information content (AvgIpc) is 2.93. The van der Waals surface area contributed by atoms with Gasteiger partial charge < -0.3 is 15.0 Å². The van der Waals surface area contributed by atoms with Crippen LogP contribution in [0.2, 0.25) is 5.02 Å². The van der Waals surface area contributed by atoms with Crippen LogP contribution in [0.25, 0.3) is 10.9 Å². The van der Waals surface area contributed by atoms with Crippen molar-refractivity contribution in [3.63, 3.8) is 0 Å². The van der Waals surface area contributed by atoms with Crippen molar-refractivity contribution in [2.75, 3.05) is 6.61 Å². The van der Waals surface area contributed by atoms with Crippen molar-refractivity contribution in [3.05, 3.63) is 64.8 Å². The lowest BCUT2D eigenvalue weighted by Gasteiger charge is -2.26. The van der Waals surface area contributed by atoms with E-state index in [1.807, 2.05) is 48.5 Å². The maximum Gasteiger partial charge on any atom is 0.269 e. The normalized spacial score (nSPS) is 16.7. The summed E-state index contributed by atoms with van der Waals surface area (Å²) in [6.07, 6.45) is 0.737. The van der Waals surface area contributed by atoms with Crippen molar-refractivity contribution in [1.82, 2.24) is 10.3 Å². The van der Waals surface area contributed by atoms with E-state index in [-0.39, 0.29) is 11.9 Å². The molecule has 4 rings (SSSR count). The molecule has 0 radical (unpaired) electrons. The molecule has 0 saturated carbocycles. The first-order valence-corrected chi connectivity index (χ1v) is 7.90. The Balaban J connectivity index is 1.64. The molecule has 1 aliphatic heterocycles. The van der Waals surface area contributed by atoms with Crippen molar-refractivity contribution in [3.8, 4) is 5.75 Å². The number of carbonyl (C=O) groups is 1. The number of fused-ring (bicyclic) bond motifs is 2. The van der Waals surface area contributed by atoms with E-state index in [1.54, 1.807) is 0 Å². The minimum atomic E-state index is -0.201. The van der Waals surface area contributed by atoms with Gasteiger partial charge in [-0.1, -0.05) is 48.0 Å². The second-order valence-electron chi connectivity index (χ2n) is 5.56. The number of nitrogens with one attached hydrogen (secondary N) is 2. The summed E-state index contributed by atoms with van der Waals surface area (Å²) < 4.78 is 5.63. The number of amides is 1. The molecule has 1 amide bonds. The molecule has 0 aliphatic carbocycles. The number of hydrogen-bond donors (Lipinski definition) is 2. The first-order valence-electron chi connectivity index (χ1n) is 7.53. The monoisotopic (exact) mass is 326 g/mol. The topological polar surface area (TPSA) is 54.1 Å². The van der Waals surface area contributed by atoms with Crippen molar-refractivity contribution >= 4 is 28.4 Å². The van der Waals surface area contributed by atoms with Crippen LogP contribution in [-0.2, 0) is 0 Å². The number of carbonyl (C=O) groups excluding carboxylic acids is 1. The summed E-state index contributed by atoms with van der Waals surface area (Å²) in [4.78, 5) is 15.7. The maximum absolute atomic E-state index is 12.6. The summed E-state index contributed by atoms with van der Waals surface area (Å²) in [7, 11) is 0. The SMILES string of the molecule is O=C(N[C@H]1CCOc2ccccc21)c1[nH]c2ccccc2c1Cl. The zero-order chi connectivity index (χ0) is 15.8. The number of hydrogen-bond acceptors (Lipinski definition) is 2. The summed E-state index contributed by atoms with van der Waals surface area (Å²) in [6.45, 7) is 0.586. The molecule has 4 nitrogen and oxygen atoms in total. The molecule has 2 N–H and O–H groups in total. The number of ether oxygens (including phenoxy) is 1. The van der Waals surface area contributed by atoms with E-state index in [0.29, 0.717) is 17.3 Å². The standard InChI is InChI=1S/C18H15ClN2O2/c19-16-12-6-1-3-7-13(12)20-17(16)18(22)21-14-9-10-23-15-8-4-2-5-11(14)15/h1-8,14,20H,9-10H2,(H,21,22)/t14-/m0/s1. The van der Waals surface area contributed by atoms with Crippen LogP contribution >= 0.6 is 11.6 Å². The van der Waals surface area contributed by atoms with E-state index >= 15 is 0 Å². The van der Waals surface area contributed by atoms with E-state index in [4.69, 9.17) is 16.3 Å². The number of aromatic amines is 1. The van der Waals surface area contributed by atoms with Crippen molar-refractivity contribution in [1.29, 1.82) is 0 Å². The third-order valence-electron chi connectivity index (χ3n) is 4.13. The van der Waals surface area contributed by atoms with Gasteiger partial charge in [0.05, 0.1) is 17.7 Å². The van der Waals surface area contributed by atoms with Crippen molar-refractivity contribution in [2.45, 2.75) is 12.5 Å². The first-order chi connectivity index (χ1) is 11.2. The number of halogens is 1. The molecular formula is C18H15ClN2O2. The molecule has 5 heteroatoms. The third-order valence-corrected chi connectivity index (χ3v) is 4.53. The lowest BCUT2D eigenvalue weighted by Crippen LogP contribution is -2.32. The van der Waals surface area contributed by atoms with Crippen LogP contribution in [0.4, 0.5) is 0 Å². The van der Waals surface area contributed by atoms with Crippen LogP contribution in [-0.4, -0.2) is 17.5 Å². The molecule has 0 fully saturated rings. The molecule has 23 heavy (non-hydrogen) atoms. The Bertz CT molecular complexity index is 888. The Morgan fingerprint density at radius 2 is 1.96 bits per heavy atom. The Labute approximate surface area is 138 Å². The van der Waals surface area contributed by atoms with Gasteiger partial charge in [-0.15, -0.1) is 0 Å². The van der Waals surface area contributed by atoms with E-state index in [1.165, 1.54) is 0 Å². The van der Waals surface area contributed by atoms with Gasteiger partial charge in [0.15, 0.2) is 0 Å². The van der Waals surface area contributed by atoms with Gasteiger partial charge in [-0.05, 0) is 12.1 Å². The Kier molecular flexibility index (Phi) is 3.46. The molecule has 2 aromatic carbocycles. The Morgan fingerprint density at radius 3 is 2.83 bits per heavy atom. The Morgan fingerprint density at radius 1 is 1.17 bits per heavy atom. The minimum Gasteiger partial charge on any atom is -0.493 e. The van der Waals surface area contributed by atoms with Gasteiger partial charge in [0.25, 0.3) is 5.91 Å². The largest absolute Gasteiger partial charge is 0.493 e. The summed E-state index contributed by atoms with van der Waals surface area (Å²) >= 11 is 6.35. The second kappa shape index (κ2) is 5.63. The van der Waals surface area contributed by atoms with Gasteiger partial charge >= 0.3 is 0 Å². The fourth-order valence-electron chi connectivity index (χ4n) is 2.99. The Hall–Kier alpha value is -2.46. The van der Waals surface area contributed by atoms with E-state index in [2.05, 4.69) is 10.3 Å². The first kappa shape index (κ1) is 14.2. The fraction of sp³-hybridized carbons (Fsp3) is 0.167. The van der Waals surface area contributed by atoms with E-state index in [0.717, 1.165) is 28.6 Å². The summed E-state index contributed by atoms with van der Waals surface area (Å²) in [5.41, 5.74) is 2.26. The number of benzene rings is 2. The fourth-order valence-corrected chi connectivity index (χ4v) is 3.28. The lowest BCUT2D eigenvalue weighted by molar-refractivity contribution is 0.0920. The quantitative estimate of drug-likeness (QED) is 0.745. The van der Waals surface area contributed by atoms with Crippen LogP contribution in [0.15, 0.2) is 48.5 Å². The number of para-hydroxylation sites is 2. The van der Waals surface area contributed by atoms with Gasteiger partial charge in [0.2, 0.25) is 0 Å². The molecule has 0 unspecified atom stereocenters. The van der Waals surface area contributed by atoms with Crippen LogP contribution < -0.4 is 10.1 Å². The van der Waals surface area contributed by atoms with Gasteiger partial charge in [-0.25, -0.2) is 0 Å². The molecule has 1 aromatic heterocycles. The molecule has 3 aromatic rings. The molecule has 0 spiro atoms. The summed E-state index contributed by atoms with van der Waals surface area (Å²) in [6, 6.07) is 15.3. The zero-order valence-corrected chi connectivity index (χ0v) is 13.1. The van der Waals surface area contributed by atoms with Gasteiger partial charge in [-0.2, -0.15) is 0 Å². The molecule has 2 heterocycles. The minimum absolute atomic E-state index is 0.0741. The van der Waals surface area contributed by atoms with Crippen LogP contribution in [0.1, 0.15) is 28.5 Å². The smallest absolute Gasteiger partial charge is 0.269 e. The molecule has 0 bridgehead atoms. The van der Waals surface area contributed by atoms with Crippen molar-refractivity contribution in [2.24, 2.45) is 0 Å². The number of rotatable bonds is 2. The highest BCUT2D eigenvalue weighted by molar-refractivity contribution is 6.38. The highest BCUT2D eigenvalue weighted by atomic mass is 35.5. The van der Waals surface area contributed by atoms with Gasteiger partial charge in [0.1, 0.15) is 11.4 Å². The highest BCUT2D eigenvalue weighted by Crippen LogP contribution is 2.33. The van der Waals surface area contributed by atoms with Crippen molar-refractivity contribution < 1.29 is 9.53 Å². The lowest BCUT2D eigenvalue weighted by atomic mass is 10.0. The van der Waals surface area contributed by atoms with Crippen LogP contribution in [0.5, 0.6) is 5.75 Å². The van der Waals surface area contributed by atoms with Crippen LogP contribution in [0.3, 0.4) is 0 Å². The number of aromatic nitrogens is 1. The van der Waals surface area contributed by atoms with E-state index < -0.39 is 0 Å². The van der Waals surface area contributed by atoms with Crippen LogP contribution in [0, 0.1) is 0 Å². The predicted octanol–water partition coefficient (Wildman–Crippen LogP) is 4.07. The summed E-state index contributed by atoms with van der Waals surface area (Å²) in [5, 5.41) is 4.37. The molecule has 1 atom stereocenters.